The van der Waals surface area contributed by atoms with Crippen molar-refractivity contribution in [3.63, 3.8) is 0 Å². The first kappa shape index (κ1) is 13.6. The van der Waals surface area contributed by atoms with Gasteiger partial charge in [0.2, 0.25) is 6.54 Å². The Morgan fingerprint density at radius 2 is 2.10 bits per heavy atom. The van der Waals surface area contributed by atoms with Crippen molar-refractivity contribution in [2.75, 3.05) is 6.54 Å². The van der Waals surface area contributed by atoms with E-state index in [4.69, 9.17) is 0 Å². The molecule has 0 fully saturated rings. The van der Waals surface area contributed by atoms with Gasteiger partial charge in [0.05, 0.1) is 5.92 Å². The van der Waals surface area contributed by atoms with E-state index in [1.54, 1.807) is 0 Å². The number of nitro groups is 1. The molecule has 0 saturated carbocycles. The second kappa shape index (κ2) is 5.56. The molecule has 1 unspecified atom stereocenters. The molecular formula is C17H18N2O2. The Bertz CT molecular complexity index is 675. The summed E-state index contributed by atoms with van der Waals surface area (Å²) in [6.07, 6.45) is 6.08. The number of nitrogens with zero attached hydrogens (tertiary/aromatic N) is 1. The fourth-order valence-corrected chi connectivity index (χ4v) is 2.95. The lowest BCUT2D eigenvalue weighted by atomic mass is 9.94. The Morgan fingerprint density at radius 3 is 2.81 bits per heavy atom. The molecule has 1 aromatic heterocycles. The molecule has 0 aliphatic heterocycles. The summed E-state index contributed by atoms with van der Waals surface area (Å²) in [5.41, 5.74) is 5.52. The van der Waals surface area contributed by atoms with E-state index in [1.807, 2.05) is 31.2 Å². The third-order valence-electron chi connectivity index (χ3n) is 3.99. The van der Waals surface area contributed by atoms with Crippen LogP contribution in [0.3, 0.4) is 0 Å². The summed E-state index contributed by atoms with van der Waals surface area (Å²) in [7, 11) is 0. The van der Waals surface area contributed by atoms with Gasteiger partial charge in [0.15, 0.2) is 0 Å². The fourth-order valence-electron chi connectivity index (χ4n) is 2.95. The van der Waals surface area contributed by atoms with Crippen LogP contribution in [0.5, 0.6) is 0 Å². The van der Waals surface area contributed by atoms with Crippen molar-refractivity contribution in [3.8, 4) is 0 Å². The Kier molecular flexibility index (Phi) is 3.60. The molecule has 108 valence electrons. The van der Waals surface area contributed by atoms with Crippen molar-refractivity contribution in [2.24, 2.45) is 0 Å². The van der Waals surface area contributed by atoms with E-state index in [0.717, 1.165) is 29.7 Å². The van der Waals surface area contributed by atoms with Gasteiger partial charge in [-0.3, -0.25) is 10.1 Å². The molecule has 1 aliphatic rings. The van der Waals surface area contributed by atoms with E-state index in [-0.39, 0.29) is 17.4 Å². The van der Waals surface area contributed by atoms with Gasteiger partial charge in [0.1, 0.15) is 0 Å². The minimum Gasteiger partial charge on any atom is -0.361 e. The fraction of sp³-hybridized carbons (Fsp3) is 0.294. The molecule has 1 heterocycles. The highest BCUT2D eigenvalue weighted by Crippen LogP contribution is 2.28. The van der Waals surface area contributed by atoms with E-state index in [0.29, 0.717) is 0 Å². The van der Waals surface area contributed by atoms with Crippen LogP contribution in [0.1, 0.15) is 34.0 Å². The molecular weight excluding hydrogens is 264 g/mol. The number of fused-ring (bicyclic) bond motifs is 1. The number of rotatable bonds is 4. The zero-order chi connectivity index (χ0) is 14.8. The van der Waals surface area contributed by atoms with Crippen LogP contribution in [0.2, 0.25) is 0 Å². The molecule has 4 nitrogen and oxygen atoms in total. The van der Waals surface area contributed by atoms with E-state index in [2.05, 4.69) is 23.2 Å². The molecule has 1 N–H and O–H groups in total. The van der Waals surface area contributed by atoms with Crippen molar-refractivity contribution < 1.29 is 4.92 Å². The summed E-state index contributed by atoms with van der Waals surface area (Å²) in [6, 6.07) is 10.1. The monoisotopic (exact) mass is 282 g/mol. The first-order valence-corrected chi connectivity index (χ1v) is 7.17. The number of aromatic nitrogens is 1. The molecule has 3 rings (SSSR count). The number of hydrogen-bond donors (Lipinski definition) is 1. The molecule has 2 aromatic rings. The smallest absolute Gasteiger partial charge is 0.216 e. The molecule has 0 radical (unpaired) electrons. The quantitative estimate of drug-likeness (QED) is 0.531. The van der Waals surface area contributed by atoms with E-state index >= 15 is 0 Å². The van der Waals surface area contributed by atoms with Crippen LogP contribution in [-0.2, 0) is 12.8 Å². The molecule has 1 atom stereocenters. The first-order chi connectivity index (χ1) is 10.1. The average Bonchev–Trinajstić information content (AvgIpc) is 2.88. The molecule has 4 heteroatoms. The molecule has 21 heavy (non-hydrogen) atoms. The molecule has 1 aromatic carbocycles. The topological polar surface area (TPSA) is 58.9 Å². The zero-order valence-corrected chi connectivity index (χ0v) is 12.0. The maximum atomic E-state index is 11.1. The van der Waals surface area contributed by atoms with E-state index in [1.165, 1.54) is 11.3 Å². The summed E-state index contributed by atoms with van der Waals surface area (Å²) in [6.45, 7) is 1.92. The van der Waals surface area contributed by atoms with Gasteiger partial charge in [0.25, 0.3) is 0 Å². The Labute approximate surface area is 123 Å². The molecule has 0 saturated heterocycles. The van der Waals surface area contributed by atoms with Crippen LogP contribution < -0.4 is 0 Å². The maximum absolute atomic E-state index is 11.1. The summed E-state index contributed by atoms with van der Waals surface area (Å²) in [5.74, 6) is -0.217. The van der Waals surface area contributed by atoms with Gasteiger partial charge < -0.3 is 4.98 Å². The van der Waals surface area contributed by atoms with Gasteiger partial charge in [0, 0.05) is 22.7 Å². The highest BCUT2D eigenvalue weighted by Gasteiger charge is 2.23. The number of aryl methyl sites for hydroxylation is 1. The predicted molar refractivity (Wildman–Crippen MR) is 82.2 cm³/mol. The van der Waals surface area contributed by atoms with Crippen LogP contribution in [0, 0.1) is 17.0 Å². The Hall–Kier alpha value is -2.36. The van der Waals surface area contributed by atoms with E-state index in [9.17, 15) is 10.1 Å². The van der Waals surface area contributed by atoms with Gasteiger partial charge in [-0.1, -0.05) is 42.0 Å². The number of nitrogens with one attached hydrogen (secondary N) is 1. The van der Waals surface area contributed by atoms with E-state index < -0.39 is 0 Å². The number of hydrogen-bond acceptors (Lipinski definition) is 2. The van der Waals surface area contributed by atoms with Crippen molar-refractivity contribution in [3.05, 3.63) is 80.7 Å². The number of allylic oxidation sites excluding steroid dienone is 2. The third kappa shape index (κ3) is 2.89. The van der Waals surface area contributed by atoms with Crippen LogP contribution in [-0.4, -0.2) is 16.5 Å². The van der Waals surface area contributed by atoms with Crippen LogP contribution in [0.4, 0.5) is 0 Å². The number of H-pyrrole nitrogens is 1. The lowest BCUT2D eigenvalue weighted by molar-refractivity contribution is -0.481. The van der Waals surface area contributed by atoms with Gasteiger partial charge in [-0.15, -0.1) is 0 Å². The minimum atomic E-state index is -0.231. The van der Waals surface area contributed by atoms with Gasteiger partial charge >= 0.3 is 0 Å². The largest absolute Gasteiger partial charge is 0.361 e. The lowest BCUT2D eigenvalue weighted by Gasteiger charge is -2.12. The second-order valence-electron chi connectivity index (χ2n) is 5.59. The van der Waals surface area contributed by atoms with Gasteiger partial charge in [-0.2, -0.15) is 0 Å². The van der Waals surface area contributed by atoms with Crippen LogP contribution >= 0.6 is 0 Å². The summed E-state index contributed by atoms with van der Waals surface area (Å²) >= 11 is 0. The normalized spacial score (nSPS) is 14.7. The third-order valence-corrected chi connectivity index (χ3v) is 3.99. The molecule has 0 spiro atoms. The number of benzene rings is 1. The minimum absolute atomic E-state index is 0.0870. The first-order valence-electron chi connectivity index (χ1n) is 7.17. The summed E-state index contributed by atoms with van der Waals surface area (Å²) in [5, 5.41) is 11.1. The second-order valence-corrected chi connectivity index (χ2v) is 5.59. The van der Waals surface area contributed by atoms with Crippen LogP contribution in [0.15, 0.2) is 42.5 Å². The Morgan fingerprint density at radius 1 is 1.29 bits per heavy atom. The van der Waals surface area contributed by atoms with Crippen molar-refractivity contribution in [1.29, 1.82) is 0 Å². The summed E-state index contributed by atoms with van der Waals surface area (Å²) in [4.78, 5) is 14.2. The highest BCUT2D eigenvalue weighted by atomic mass is 16.6. The molecule has 0 amide bonds. The Balaban J connectivity index is 1.99. The maximum Gasteiger partial charge on any atom is 0.216 e. The van der Waals surface area contributed by atoms with Crippen LogP contribution in [0.25, 0.3) is 0 Å². The number of aromatic amines is 1. The lowest BCUT2D eigenvalue weighted by Crippen LogP contribution is -2.14. The molecule has 1 aliphatic carbocycles. The van der Waals surface area contributed by atoms with Gasteiger partial charge in [-0.05, 0) is 30.5 Å². The predicted octanol–water partition coefficient (Wildman–Crippen LogP) is 3.39. The zero-order valence-electron chi connectivity index (χ0n) is 12.0. The standard InChI is InChI=1S/C17H18N2O2/c1-12-5-4-7-13(9-12)15(11-19(20)21)17-10-14-6-2-3-8-16(14)18-17/h2-5,7,9-10,15,18H,6,8,11H2,1H3. The average molecular weight is 282 g/mol. The van der Waals surface area contributed by atoms with Crippen molar-refractivity contribution in [1.82, 2.24) is 4.98 Å². The summed E-state index contributed by atoms with van der Waals surface area (Å²) < 4.78 is 0. The van der Waals surface area contributed by atoms with Gasteiger partial charge in [-0.25, -0.2) is 0 Å². The molecule has 0 bridgehead atoms. The van der Waals surface area contributed by atoms with Crippen molar-refractivity contribution in [2.45, 2.75) is 25.7 Å². The highest BCUT2D eigenvalue weighted by molar-refractivity contribution is 5.38. The van der Waals surface area contributed by atoms with Crippen molar-refractivity contribution >= 4 is 0 Å². The SMILES string of the molecule is Cc1cccc(C(C[N+](=O)[O-])c2cc3c([nH]2)CC=CC3)c1.